The SMILES string of the molecule is CN(C)C(=O)CSc1nc2scc(-c3cccs3)c2c(=O)n1-c1ccccc1. The average molecular weight is 428 g/mol. The highest BCUT2D eigenvalue weighted by atomic mass is 32.2. The second kappa shape index (κ2) is 7.90. The lowest BCUT2D eigenvalue weighted by Gasteiger charge is -2.14. The molecule has 1 amide bonds. The van der Waals surface area contributed by atoms with Gasteiger partial charge in [-0.15, -0.1) is 22.7 Å². The van der Waals surface area contributed by atoms with Gasteiger partial charge in [0.15, 0.2) is 5.16 Å². The maximum Gasteiger partial charge on any atom is 0.268 e. The first-order valence-corrected chi connectivity index (χ1v) is 11.3. The van der Waals surface area contributed by atoms with Gasteiger partial charge < -0.3 is 4.90 Å². The van der Waals surface area contributed by atoms with Crippen molar-refractivity contribution < 1.29 is 4.79 Å². The molecule has 0 spiro atoms. The predicted molar refractivity (Wildman–Crippen MR) is 118 cm³/mol. The van der Waals surface area contributed by atoms with Crippen molar-refractivity contribution in [3.63, 3.8) is 0 Å². The summed E-state index contributed by atoms with van der Waals surface area (Å²) in [5.74, 6) is 0.199. The van der Waals surface area contributed by atoms with Gasteiger partial charge in [0, 0.05) is 29.9 Å². The molecule has 28 heavy (non-hydrogen) atoms. The van der Waals surface area contributed by atoms with Crippen molar-refractivity contribution in [3.05, 3.63) is 63.6 Å². The van der Waals surface area contributed by atoms with Crippen LogP contribution in [0.1, 0.15) is 0 Å². The molecule has 8 heteroatoms. The van der Waals surface area contributed by atoms with Gasteiger partial charge in [-0.3, -0.25) is 14.2 Å². The van der Waals surface area contributed by atoms with E-state index in [4.69, 9.17) is 4.98 Å². The number of hydrogen-bond donors (Lipinski definition) is 0. The van der Waals surface area contributed by atoms with Gasteiger partial charge in [0.05, 0.1) is 16.8 Å². The minimum Gasteiger partial charge on any atom is -0.348 e. The van der Waals surface area contributed by atoms with Crippen molar-refractivity contribution >= 4 is 50.6 Å². The Bertz CT molecular complexity index is 1180. The summed E-state index contributed by atoms with van der Waals surface area (Å²) in [7, 11) is 3.44. The molecule has 3 heterocycles. The lowest BCUT2D eigenvalue weighted by molar-refractivity contribution is -0.125. The highest BCUT2D eigenvalue weighted by Gasteiger charge is 2.19. The summed E-state index contributed by atoms with van der Waals surface area (Å²) in [5, 5.41) is 5.14. The number of benzene rings is 1. The van der Waals surface area contributed by atoms with Gasteiger partial charge in [0.2, 0.25) is 5.91 Å². The van der Waals surface area contributed by atoms with E-state index in [2.05, 4.69) is 0 Å². The van der Waals surface area contributed by atoms with E-state index >= 15 is 0 Å². The topological polar surface area (TPSA) is 55.2 Å². The number of carbonyl (C=O) groups is 1. The molecule has 0 saturated heterocycles. The molecule has 0 bridgehead atoms. The van der Waals surface area contributed by atoms with E-state index in [-0.39, 0.29) is 17.2 Å². The Labute approximate surface area is 174 Å². The molecule has 4 aromatic rings. The Balaban J connectivity index is 1.91. The molecule has 3 aromatic heterocycles. The summed E-state index contributed by atoms with van der Waals surface area (Å²) in [6, 6.07) is 13.4. The largest absolute Gasteiger partial charge is 0.348 e. The molecule has 0 aliphatic rings. The maximum atomic E-state index is 13.5. The van der Waals surface area contributed by atoms with Crippen LogP contribution in [0.3, 0.4) is 0 Å². The molecule has 0 unspecified atom stereocenters. The third-order valence-corrected chi connectivity index (χ3v) is 6.90. The van der Waals surface area contributed by atoms with Crippen molar-refractivity contribution in [3.8, 4) is 16.1 Å². The van der Waals surface area contributed by atoms with Crippen LogP contribution >= 0.6 is 34.4 Å². The van der Waals surface area contributed by atoms with E-state index in [9.17, 15) is 9.59 Å². The first-order valence-electron chi connectivity index (χ1n) is 8.53. The Morgan fingerprint density at radius 3 is 2.61 bits per heavy atom. The van der Waals surface area contributed by atoms with Gasteiger partial charge in [0.1, 0.15) is 4.83 Å². The smallest absolute Gasteiger partial charge is 0.268 e. The Morgan fingerprint density at radius 2 is 1.93 bits per heavy atom. The fourth-order valence-electron chi connectivity index (χ4n) is 2.74. The number of hydrogen-bond acceptors (Lipinski definition) is 6. The average Bonchev–Trinajstić information content (AvgIpc) is 3.36. The van der Waals surface area contributed by atoms with E-state index in [0.717, 1.165) is 16.1 Å². The molecule has 1 aromatic carbocycles. The number of amides is 1. The van der Waals surface area contributed by atoms with Gasteiger partial charge in [-0.1, -0.05) is 36.0 Å². The Morgan fingerprint density at radius 1 is 1.14 bits per heavy atom. The maximum absolute atomic E-state index is 13.5. The third kappa shape index (κ3) is 3.50. The molecular weight excluding hydrogens is 410 g/mol. The van der Waals surface area contributed by atoms with Crippen LogP contribution in [0.15, 0.2) is 63.2 Å². The van der Waals surface area contributed by atoms with E-state index < -0.39 is 0 Å². The molecule has 0 aliphatic carbocycles. The summed E-state index contributed by atoms with van der Waals surface area (Å²) in [6.45, 7) is 0. The molecule has 0 atom stereocenters. The number of nitrogens with zero attached hydrogens (tertiary/aromatic N) is 3. The molecule has 0 fully saturated rings. The van der Waals surface area contributed by atoms with Crippen LogP contribution in [0, 0.1) is 0 Å². The summed E-state index contributed by atoms with van der Waals surface area (Å²) in [5.41, 5.74) is 1.55. The second-order valence-corrected chi connectivity index (χ2v) is 9.00. The van der Waals surface area contributed by atoms with Crippen LogP contribution in [0.2, 0.25) is 0 Å². The van der Waals surface area contributed by atoms with Gasteiger partial charge >= 0.3 is 0 Å². The zero-order chi connectivity index (χ0) is 19.7. The zero-order valence-electron chi connectivity index (χ0n) is 15.3. The highest BCUT2D eigenvalue weighted by Crippen LogP contribution is 2.35. The molecule has 5 nitrogen and oxygen atoms in total. The van der Waals surface area contributed by atoms with E-state index in [0.29, 0.717) is 15.4 Å². The van der Waals surface area contributed by atoms with E-state index in [1.54, 1.807) is 30.0 Å². The molecule has 0 saturated carbocycles. The lowest BCUT2D eigenvalue weighted by Crippen LogP contribution is -2.25. The number of fused-ring (bicyclic) bond motifs is 1. The van der Waals surface area contributed by atoms with Crippen molar-refractivity contribution in [1.82, 2.24) is 14.5 Å². The van der Waals surface area contributed by atoms with Gasteiger partial charge in [-0.25, -0.2) is 4.98 Å². The van der Waals surface area contributed by atoms with E-state index in [1.165, 1.54) is 28.0 Å². The number of para-hydroxylation sites is 1. The second-order valence-electron chi connectivity index (χ2n) is 6.25. The summed E-state index contributed by atoms with van der Waals surface area (Å²) >= 11 is 4.35. The van der Waals surface area contributed by atoms with Gasteiger partial charge in [-0.2, -0.15) is 0 Å². The number of carbonyl (C=O) groups excluding carboxylic acids is 1. The standard InChI is InChI=1S/C20H17N3O2S3/c1-22(2)16(24)12-28-20-21-18-17(14(11-27-18)15-9-6-10-26-15)19(25)23(20)13-7-4-3-5-8-13/h3-11H,12H2,1-2H3. The fraction of sp³-hybridized carbons (Fsp3) is 0.150. The number of rotatable bonds is 5. The van der Waals surface area contributed by atoms with Crippen LogP contribution in [0.5, 0.6) is 0 Å². The first-order chi connectivity index (χ1) is 13.6. The Kier molecular flexibility index (Phi) is 5.34. The van der Waals surface area contributed by atoms with E-state index in [1.807, 2.05) is 53.2 Å². The van der Waals surface area contributed by atoms with Crippen LogP contribution in [0.4, 0.5) is 0 Å². The van der Waals surface area contributed by atoms with Crippen molar-refractivity contribution in [2.24, 2.45) is 0 Å². The van der Waals surface area contributed by atoms with Crippen molar-refractivity contribution in [2.75, 3.05) is 19.8 Å². The molecular formula is C20H17N3O2S3. The number of thioether (sulfide) groups is 1. The van der Waals surface area contributed by atoms with Crippen LogP contribution in [-0.4, -0.2) is 40.2 Å². The number of aromatic nitrogens is 2. The first kappa shape index (κ1) is 18.9. The minimum atomic E-state index is -0.111. The highest BCUT2D eigenvalue weighted by molar-refractivity contribution is 7.99. The fourth-order valence-corrected chi connectivity index (χ4v) is 5.54. The van der Waals surface area contributed by atoms with Gasteiger partial charge in [-0.05, 0) is 23.6 Å². The monoisotopic (exact) mass is 427 g/mol. The van der Waals surface area contributed by atoms with Crippen molar-refractivity contribution in [2.45, 2.75) is 5.16 Å². The molecule has 0 radical (unpaired) electrons. The molecule has 142 valence electrons. The van der Waals surface area contributed by atoms with Crippen LogP contribution in [0.25, 0.3) is 26.3 Å². The van der Waals surface area contributed by atoms with Crippen molar-refractivity contribution in [1.29, 1.82) is 0 Å². The van der Waals surface area contributed by atoms with Crippen LogP contribution < -0.4 is 5.56 Å². The molecule has 0 N–H and O–H groups in total. The quantitative estimate of drug-likeness (QED) is 0.351. The summed E-state index contributed by atoms with van der Waals surface area (Å²) in [6.07, 6.45) is 0. The third-order valence-electron chi connectivity index (χ3n) is 4.20. The molecule has 0 aliphatic heterocycles. The lowest BCUT2D eigenvalue weighted by atomic mass is 10.2. The minimum absolute atomic E-state index is 0.0237. The number of thiophene rings is 2. The normalized spacial score (nSPS) is 11.1. The van der Waals surface area contributed by atoms with Crippen LogP contribution in [-0.2, 0) is 4.79 Å². The summed E-state index contributed by atoms with van der Waals surface area (Å²) < 4.78 is 1.61. The zero-order valence-corrected chi connectivity index (χ0v) is 17.7. The summed E-state index contributed by atoms with van der Waals surface area (Å²) in [4.78, 5) is 33.6. The van der Waals surface area contributed by atoms with Gasteiger partial charge in [0.25, 0.3) is 5.56 Å². The molecule has 4 rings (SSSR count). The Hall–Kier alpha value is -2.42. The predicted octanol–water partition coefficient (Wildman–Crippen LogP) is 4.36.